The maximum Gasteiger partial charge on any atom is 0.416 e. The monoisotopic (exact) mass is 412 g/mol. The summed E-state index contributed by atoms with van der Waals surface area (Å²) in [6.07, 6.45) is -1.11. The molecule has 0 saturated heterocycles. The second-order valence-electron chi connectivity index (χ2n) is 6.86. The van der Waals surface area contributed by atoms with Gasteiger partial charge in [-0.15, -0.1) is 0 Å². The molecule has 0 aliphatic rings. The number of hydrogen-bond acceptors (Lipinski definition) is 4. The minimum absolute atomic E-state index is 0.434. The van der Waals surface area contributed by atoms with Crippen molar-refractivity contribution in [1.29, 1.82) is 0 Å². The summed E-state index contributed by atoms with van der Waals surface area (Å²) in [4.78, 5) is 4.79. The van der Waals surface area contributed by atoms with Gasteiger partial charge in [-0.3, -0.25) is 0 Å². The van der Waals surface area contributed by atoms with E-state index in [1.807, 2.05) is 30.3 Å². The predicted molar refractivity (Wildman–Crippen MR) is 108 cm³/mol. The van der Waals surface area contributed by atoms with Gasteiger partial charge in [0.25, 0.3) is 0 Å². The Bertz CT molecular complexity index is 1140. The molecule has 0 unspecified atom stereocenters. The molecule has 30 heavy (non-hydrogen) atoms. The Balaban J connectivity index is 1.56. The van der Waals surface area contributed by atoms with E-state index in [1.54, 1.807) is 19.6 Å². The number of nitrogens with one attached hydrogen (secondary N) is 1. The Labute approximate surface area is 171 Å². The quantitative estimate of drug-likeness (QED) is 0.434. The number of hydrogen-bond donors (Lipinski definition) is 1. The van der Waals surface area contributed by atoms with Gasteiger partial charge < -0.3 is 14.5 Å². The smallest absolute Gasteiger partial charge is 0.416 e. The van der Waals surface area contributed by atoms with E-state index in [9.17, 15) is 13.2 Å². The van der Waals surface area contributed by atoms with E-state index in [0.29, 0.717) is 13.1 Å². The predicted octanol–water partition coefficient (Wildman–Crippen LogP) is 5.81. The Morgan fingerprint density at radius 1 is 1.00 bits per heavy atom. The van der Waals surface area contributed by atoms with Gasteiger partial charge in [0, 0.05) is 30.1 Å². The van der Waals surface area contributed by atoms with Gasteiger partial charge >= 0.3 is 6.18 Å². The fourth-order valence-electron chi connectivity index (χ4n) is 3.25. The molecule has 0 fully saturated rings. The molecular formula is C23H19F3N2O2. The maximum atomic E-state index is 12.7. The largest absolute Gasteiger partial charge is 0.497 e. The molecule has 2 aromatic heterocycles. The lowest BCUT2D eigenvalue weighted by atomic mass is 10.0. The van der Waals surface area contributed by atoms with Crippen molar-refractivity contribution in [1.82, 2.24) is 10.3 Å². The van der Waals surface area contributed by atoms with E-state index in [-0.39, 0.29) is 0 Å². The first-order valence-electron chi connectivity index (χ1n) is 9.31. The summed E-state index contributed by atoms with van der Waals surface area (Å²) >= 11 is 0. The molecule has 0 atom stereocenters. The van der Waals surface area contributed by atoms with Crippen molar-refractivity contribution in [3.63, 3.8) is 0 Å². The highest BCUT2D eigenvalue weighted by atomic mass is 19.4. The van der Waals surface area contributed by atoms with Crippen molar-refractivity contribution < 1.29 is 22.3 Å². The molecule has 0 radical (unpaired) electrons. The van der Waals surface area contributed by atoms with Crippen LogP contribution in [-0.4, -0.2) is 12.1 Å². The number of furan rings is 1. The van der Waals surface area contributed by atoms with E-state index >= 15 is 0 Å². The number of fused-ring (bicyclic) bond motifs is 1. The minimum atomic E-state index is -4.33. The van der Waals surface area contributed by atoms with Crippen molar-refractivity contribution in [2.75, 3.05) is 7.11 Å². The van der Waals surface area contributed by atoms with E-state index in [1.165, 1.54) is 12.1 Å². The number of benzene rings is 2. The van der Waals surface area contributed by atoms with Crippen LogP contribution in [0.3, 0.4) is 0 Å². The fraction of sp³-hybridized carbons (Fsp3) is 0.174. The lowest BCUT2D eigenvalue weighted by molar-refractivity contribution is -0.137. The highest BCUT2D eigenvalue weighted by Gasteiger charge is 2.29. The zero-order chi connectivity index (χ0) is 21.1. The van der Waals surface area contributed by atoms with Crippen LogP contribution in [0.15, 0.2) is 71.5 Å². The van der Waals surface area contributed by atoms with Crippen LogP contribution in [-0.2, 0) is 19.3 Å². The molecule has 1 N–H and O–H groups in total. The minimum Gasteiger partial charge on any atom is -0.497 e. The lowest BCUT2D eigenvalue weighted by Crippen LogP contribution is -2.14. The maximum absolute atomic E-state index is 12.7. The fourth-order valence-corrected chi connectivity index (χ4v) is 3.25. The number of rotatable bonds is 6. The van der Waals surface area contributed by atoms with Crippen molar-refractivity contribution in [2.24, 2.45) is 0 Å². The van der Waals surface area contributed by atoms with Crippen molar-refractivity contribution >= 4 is 10.9 Å². The van der Waals surface area contributed by atoms with Crippen LogP contribution in [0, 0.1) is 0 Å². The van der Waals surface area contributed by atoms with Gasteiger partial charge in [-0.25, -0.2) is 4.98 Å². The van der Waals surface area contributed by atoms with Gasteiger partial charge in [-0.2, -0.15) is 13.2 Å². The molecule has 0 bridgehead atoms. The number of alkyl halides is 3. The second-order valence-corrected chi connectivity index (χ2v) is 6.86. The summed E-state index contributed by atoms with van der Waals surface area (Å²) in [6.45, 7) is 0.931. The number of halogens is 3. The Morgan fingerprint density at radius 3 is 2.47 bits per heavy atom. The zero-order valence-corrected chi connectivity index (χ0v) is 16.2. The first-order chi connectivity index (χ1) is 14.4. The molecule has 0 aliphatic carbocycles. The molecule has 4 rings (SSSR count). The van der Waals surface area contributed by atoms with E-state index < -0.39 is 11.7 Å². The Kier molecular flexibility index (Phi) is 5.46. The van der Waals surface area contributed by atoms with Crippen molar-refractivity contribution in [3.8, 4) is 17.0 Å². The second kappa shape index (κ2) is 8.20. The summed E-state index contributed by atoms with van der Waals surface area (Å²) in [5, 5.41) is 4.26. The molecule has 0 aliphatic heterocycles. The van der Waals surface area contributed by atoms with Crippen LogP contribution in [0.4, 0.5) is 13.2 Å². The van der Waals surface area contributed by atoms with Gasteiger partial charge in [0.1, 0.15) is 5.75 Å². The number of aromatic nitrogens is 1. The van der Waals surface area contributed by atoms with Crippen LogP contribution < -0.4 is 10.1 Å². The third-order valence-electron chi connectivity index (χ3n) is 4.82. The standard InChI is InChI=1S/C23H19F3N2O2/c1-29-20-7-4-16-10-18(22(28-21(16)11-20)17-8-9-30-14-17)13-27-12-15-2-5-19(6-3-15)23(24,25)26/h2-11,14,27H,12-13H2,1H3. The highest BCUT2D eigenvalue weighted by molar-refractivity contribution is 5.84. The highest BCUT2D eigenvalue weighted by Crippen LogP contribution is 2.30. The average Bonchev–Trinajstić information content (AvgIpc) is 3.27. The topological polar surface area (TPSA) is 47.3 Å². The first kappa shape index (κ1) is 20.0. The molecule has 2 aromatic carbocycles. The first-order valence-corrected chi connectivity index (χ1v) is 9.31. The molecule has 154 valence electrons. The van der Waals surface area contributed by atoms with Crippen LogP contribution in [0.25, 0.3) is 22.2 Å². The van der Waals surface area contributed by atoms with E-state index in [2.05, 4.69) is 5.32 Å². The molecule has 0 spiro atoms. The van der Waals surface area contributed by atoms with Crippen LogP contribution >= 0.6 is 0 Å². The van der Waals surface area contributed by atoms with Crippen molar-refractivity contribution in [3.05, 3.63) is 83.8 Å². The van der Waals surface area contributed by atoms with Crippen LogP contribution in [0.5, 0.6) is 5.75 Å². The summed E-state index contributed by atoms with van der Waals surface area (Å²) in [6, 6.07) is 14.7. The van der Waals surface area contributed by atoms with Gasteiger partial charge in [0.2, 0.25) is 0 Å². The lowest BCUT2D eigenvalue weighted by Gasteiger charge is -2.12. The van der Waals surface area contributed by atoms with Gasteiger partial charge in [0.05, 0.1) is 36.4 Å². The molecular weight excluding hydrogens is 393 g/mol. The Morgan fingerprint density at radius 2 is 1.80 bits per heavy atom. The normalized spacial score (nSPS) is 11.7. The third-order valence-corrected chi connectivity index (χ3v) is 4.82. The van der Waals surface area contributed by atoms with Crippen LogP contribution in [0.2, 0.25) is 0 Å². The number of pyridine rings is 1. The van der Waals surface area contributed by atoms with Crippen molar-refractivity contribution in [2.45, 2.75) is 19.3 Å². The molecule has 4 nitrogen and oxygen atoms in total. The molecule has 0 amide bonds. The molecule has 4 aromatic rings. The van der Waals surface area contributed by atoms with Gasteiger partial charge in [-0.05, 0) is 47.5 Å². The summed E-state index contributed by atoms with van der Waals surface area (Å²) in [7, 11) is 1.61. The molecule has 2 heterocycles. The van der Waals surface area contributed by atoms with Gasteiger partial charge in [-0.1, -0.05) is 12.1 Å². The summed E-state index contributed by atoms with van der Waals surface area (Å²) in [5.41, 5.74) is 3.52. The number of ether oxygens (including phenoxy) is 1. The van der Waals surface area contributed by atoms with Gasteiger partial charge in [0.15, 0.2) is 0 Å². The average molecular weight is 412 g/mol. The summed E-state index contributed by atoms with van der Waals surface area (Å²) in [5.74, 6) is 0.723. The molecule has 7 heteroatoms. The molecule has 0 saturated carbocycles. The van der Waals surface area contributed by atoms with Crippen LogP contribution in [0.1, 0.15) is 16.7 Å². The summed E-state index contributed by atoms with van der Waals surface area (Å²) < 4.78 is 48.6. The SMILES string of the molecule is COc1ccc2cc(CNCc3ccc(C(F)(F)F)cc3)c(-c3ccoc3)nc2c1. The zero-order valence-electron chi connectivity index (χ0n) is 16.2. The van der Waals surface area contributed by atoms with E-state index in [4.69, 9.17) is 14.1 Å². The Hall–Kier alpha value is -3.32. The number of methoxy groups -OCH3 is 1. The third kappa shape index (κ3) is 4.31. The number of nitrogens with zero attached hydrogens (tertiary/aromatic N) is 1. The van der Waals surface area contributed by atoms with E-state index in [0.717, 1.165) is 51.2 Å².